The molecule has 0 aliphatic rings. The highest BCUT2D eigenvalue weighted by molar-refractivity contribution is 5.91. The number of carbonyl (C=O) groups is 1. The van der Waals surface area contributed by atoms with E-state index >= 15 is 0 Å². The van der Waals surface area contributed by atoms with E-state index < -0.39 is 0 Å². The van der Waals surface area contributed by atoms with Gasteiger partial charge in [0, 0.05) is 6.54 Å². The summed E-state index contributed by atoms with van der Waals surface area (Å²) in [6.07, 6.45) is 1.36. The number of hydrogen-bond donors (Lipinski definition) is 2. The molecule has 2 rings (SSSR count). The first kappa shape index (κ1) is 15.0. The van der Waals surface area contributed by atoms with Gasteiger partial charge in [-0.3, -0.25) is 4.79 Å². The Morgan fingerprint density at radius 1 is 1.10 bits per heavy atom. The molecule has 0 aliphatic heterocycles. The molecule has 0 atom stereocenters. The molecule has 110 valence electrons. The van der Waals surface area contributed by atoms with Gasteiger partial charge in [-0.1, -0.05) is 31.2 Å². The molecule has 0 saturated carbocycles. The van der Waals surface area contributed by atoms with Gasteiger partial charge in [-0.2, -0.15) is 0 Å². The molecular weight excluding hydrogens is 264 g/mol. The summed E-state index contributed by atoms with van der Waals surface area (Å²) >= 11 is 0. The van der Waals surface area contributed by atoms with Gasteiger partial charge in [0.25, 0.3) is 0 Å². The average molecular weight is 284 g/mol. The van der Waals surface area contributed by atoms with E-state index in [0.717, 1.165) is 24.1 Å². The topological polar surface area (TPSA) is 66.9 Å². The van der Waals surface area contributed by atoms with Crippen molar-refractivity contribution in [2.24, 2.45) is 0 Å². The fraction of sp³-hybridized carbons (Fsp3) is 0.312. The first-order valence-electron chi connectivity index (χ1n) is 7.11. The van der Waals surface area contributed by atoms with Gasteiger partial charge >= 0.3 is 0 Å². The van der Waals surface area contributed by atoms with Crippen LogP contribution in [0.4, 0.5) is 11.6 Å². The van der Waals surface area contributed by atoms with Gasteiger partial charge in [0.1, 0.15) is 5.82 Å². The molecule has 0 bridgehead atoms. The summed E-state index contributed by atoms with van der Waals surface area (Å²) < 4.78 is 0. The molecule has 0 aliphatic carbocycles. The number of anilines is 2. The van der Waals surface area contributed by atoms with Gasteiger partial charge in [-0.25, -0.2) is 0 Å². The third-order valence-corrected chi connectivity index (χ3v) is 3.10. The fourth-order valence-electron chi connectivity index (χ4n) is 1.91. The zero-order valence-electron chi connectivity index (χ0n) is 12.4. The van der Waals surface area contributed by atoms with E-state index in [1.165, 1.54) is 0 Å². The molecule has 1 aromatic carbocycles. The first-order valence-corrected chi connectivity index (χ1v) is 7.11. The Bertz CT molecular complexity index is 595. The standard InChI is InChI=1S/C16H20N4O/c1-3-10-17-14-8-9-15(20-19-14)18-16(21)11-13-7-5-4-6-12(13)2/h4-9H,3,10-11H2,1-2H3,(H,17,19)(H,18,20,21). The summed E-state index contributed by atoms with van der Waals surface area (Å²) in [6, 6.07) is 11.4. The number of rotatable bonds is 6. The summed E-state index contributed by atoms with van der Waals surface area (Å²) in [5, 5.41) is 13.9. The van der Waals surface area contributed by atoms with Crippen LogP contribution in [-0.2, 0) is 11.2 Å². The van der Waals surface area contributed by atoms with Crippen molar-refractivity contribution in [1.29, 1.82) is 0 Å². The normalized spacial score (nSPS) is 10.2. The van der Waals surface area contributed by atoms with Crippen molar-refractivity contribution < 1.29 is 4.79 Å². The fourth-order valence-corrected chi connectivity index (χ4v) is 1.91. The maximum atomic E-state index is 12.0. The van der Waals surface area contributed by atoms with Crippen molar-refractivity contribution in [2.45, 2.75) is 26.7 Å². The smallest absolute Gasteiger partial charge is 0.230 e. The van der Waals surface area contributed by atoms with Gasteiger partial charge in [0.15, 0.2) is 5.82 Å². The van der Waals surface area contributed by atoms with Crippen molar-refractivity contribution in [2.75, 3.05) is 17.2 Å². The third kappa shape index (κ3) is 4.56. The van der Waals surface area contributed by atoms with Crippen LogP contribution in [0.15, 0.2) is 36.4 Å². The predicted octanol–water partition coefficient (Wildman–Crippen LogP) is 2.79. The SMILES string of the molecule is CCCNc1ccc(NC(=O)Cc2ccccc2C)nn1. The summed E-state index contributed by atoms with van der Waals surface area (Å²) in [6.45, 7) is 4.94. The number of aryl methyl sites for hydroxylation is 1. The first-order chi connectivity index (χ1) is 10.2. The summed E-state index contributed by atoms with van der Waals surface area (Å²) in [5.74, 6) is 1.09. The van der Waals surface area contributed by atoms with Crippen molar-refractivity contribution in [1.82, 2.24) is 10.2 Å². The van der Waals surface area contributed by atoms with Crippen LogP contribution in [0.2, 0.25) is 0 Å². The van der Waals surface area contributed by atoms with Gasteiger partial charge in [0.05, 0.1) is 6.42 Å². The Morgan fingerprint density at radius 2 is 1.81 bits per heavy atom. The van der Waals surface area contributed by atoms with Crippen LogP contribution in [0, 0.1) is 6.92 Å². The summed E-state index contributed by atoms with van der Waals surface area (Å²) in [4.78, 5) is 12.0. The minimum absolute atomic E-state index is 0.0899. The van der Waals surface area contributed by atoms with Crippen LogP contribution in [0.1, 0.15) is 24.5 Å². The Labute approximate surface area is 124 Å². The second-order valence-electron chi connectivity index (χ2n) is 4.88. The molecule has 1 aromatic heterocycles. The molecule has 1 heterocycles. The van der Waals surface area contributed by atoms with Crippen LogP contribution >= 0.6 is 0 Å². The lowest BCUT2D eigenvalue weighted by Gasteiger charge is -2.07. The van der Waals surface area contributed by atoms with Crippen molar-refractivity contribution >= 4 is 17.5 Å². The van der Waals surface area contributed by atoms with E-state index in [9.17, 15) is 4.79 Å². The Morgan fingerprint density at radius 3 is 2.48 bits per heavy atom. The number of benzene rings is 1. The maximum Gasteiger partial charge on any atom is 0.230 e. The second kappa shape index (κ2) is 7.38. The Kier molecular flexibility index (Phi) is 5.26. The van der Waals surface area contributed by atoms with Gasteiger partial charge in [-0.05, 0) is 36.6 Å². The highest BCUT2D eigenvalue weighted by atomic mass is 16.1. The number of hydrogen-bond acceptors (Lipinski definition) is 4. The van der Waals surface area contributed by atoms with E-state index in [1.54, 1.807) is 6.07 Å². The van der Waals surface area contributed by atoms with Gasteiger partial charge in [-0.15, -0.1) is 10.2 Å². The van der Waals surface area contributed by atoms with E-state index in [1.807, 2.05) is 37.3 Å². The van der Waals surface area contributed by atoms with Crippen molar-refractivity contribution in [3.63, 3.8) is 0 Å². The number of carbonyl (C=O) groups excluding carboxylic acids is 1. The zero-order valence-corrected chi connectivity index (χ0v) is 12.4. The van der Waals surface area contributed by atoms with Crippen molar-refractivity contribution in [3.8, 4) is 0 Å². The quantitative estimate of drug-likeness (QED) is 0.856. The van der Waals surface area contributed by atoms with E-state index in [-0.39, 0.29) is 5.91 Å². The maximum absolute atomic E-state index is 12.0. The molecule has 1 amide bonds. The molecular formula is C16H20N4O. The Balaban J connectivity index is 1.92. The van der Waals surface area contributed by atoms with E-state index in [0.29, 0.717) is 18.1 Å². The molecule has 0 unspecified atom stereocenters. The molecule has 21 heavy (non-hydrogen) atoms. The van der Waals surface area contributed by atoms with Crippen LogP contribution < -0.4 is 10.6 Å². The largest absolute Gasteiger partial charge is 0.369 e. The molecule has 5 nitrogen and oxygen atoms in total. The van der Waals surface area contributed by atoms with Crippen LogP contribution in [0.3, 0.4) is 0 Å². The zero-order chi connectivity index (χ0) is 15.1. The molecule has 0 fully saturated rings. The lowest BCUT2D eigenvalue weighted by atomic mass is 10.1. The minimum atomic E-state index is -0.0899. The number of nitrogens with one attached hydrogen (secondary N) is 2. The minimum Gasteiger partial charge on any atom is -0.369 e. The van der Waals surface area contributed by atoms with Gasteiger partial charge < -0.3 is 10.6 Å². The highest BCUT2D eigenvalue weighted by Gasteiger charge is 2.07. The lowest BCUT2D eigenvalue weighted by molar-refractivity contribution is -0.115. The van der Waals surface area contributed by atoms with Gasteiger partial charge in [0.2, 0.25) is 5.91 Å². The molecule has 2 N–H and O–H groups in total. The van der Waals surface area contributed by atoms with Crippen LogP contribution in [0.5, 0.6) is 0 Å². The second-order valence-corrected chi connectivity index (χ2v) is 4.88. The van der Waals surface area contributed by atoms with Crippen LogP contribution in [-0.4, -0.2) is 22.6 Å². The van der Waals surface area contributed by atoms with E-state index in [4.69, 9.17) is 0 Å². The Hall–Kier alpha value is -2.43. The van der Waals surface area contributed by atoms with E-state index in [2.05, 4.69) is 27.8 Å². The predicted molar refractivity (Wildman–Crippen MR) is 84.3 cm³/mol. The molecule has 0 radical (unpaired) electrons. The number of amides is 1. The third-order valence-electron chi connectivity index (χ3n) is 3.10. The number of aromatic nitrogens is 2. The van der Waals surface area contributed by atoms with Crippen molar-refractivity contribution in [3.05, 3.63) is 47.5 Å². The van der Waals surface area contributed by atoms with Crippen LogP contribution in [0.25, 0.3) is 0 Å². The highest BCUT2D eigenvalue weighted by Crippen LogP contribution is 2.10. The molecule has 5 heteroatoms. The summed E-state index contributed by atoms with van der Waals surface area (Å²) in [5.41, 5.74) is 2.13. The molecule has 2 aromatic rings. The lowest BCUT2D eigenvalue weighted by Crippen LogP contribution is -2.16. The monoisotopic (exact) mass is 284 g/mol. The molecule has 0 spiro atoms. The average Bonchev–Trinajstić information content (AvgIpc) is 2.49. The summed E-state index contributed by atoms with van der Waals surface area (Å²) in [7, 11) is 0. The molecule has 0 saturated heterocycles. The number of nitrogens with zero attached hydrogens (tertiary/aromatic N) is 2.